The molecule has 0 spiro atoms. The van der Waals surface area contributed by atoms with Gasteiger partial charge in [0.2, 0.25) is 0 Å². The Morgan fingerprint density at radius 1 is 1.35 bits per heavy atom. The average Bonchev–Trinajstić information content (AvgIpc) is 2.97. The highest BCUT2D eigenvalue weighted by molar-refractivity contribution is 7.16. The second-order valence-electron chi connectivity index (χ2n) is 7.44. The van der Waals surface area contributed by atoms with E-state index >= 15 is 0 Å². The van der Waals surface area contributed by atoms with Crippen LogP contribution in [0, 0.1) is 23.2 Å². The van der Waals surface area contributed by atoms with Crippen molar-refractivity contribution in [3.8, 4) is 6.07 Å². The normalized spacial score (nSPS) is 25.0. The lowest BCUT2D eigenvalue weighted by molar-refractivity contribution is -0.897. The van der Waals surface area contributed by atoms with Crippen molar-refractivity contribution in [3.05, 3.63) is 16.0 Å². The first-order valence-electron chi connectivity index (χ1n) is 9.27. The van der Waals surface area contributed by atoms with Crippen LogP contribution in [0.4, 0.5) is 5.00 Å². The number of methoxy groups -OCH3 is 1. The zero-order chi connectivity index (χ0) is 18.7. The van der Waals surface area contributed by atoms with Gasteiger partial charge in [-0.05, 0) is 30.7 Å². The number of fused-ring (bicyclic) bond motifs is 1. The lowest BCUT2D eigenvalue weighted by atomic mass is 9.89. The van der Waals surface area contributed by atoms with Crippen LogP contribution in [0.3, 0.4) is 0 Å². The molecule has 1 aromatic heterocycles. The van der Waals surface area contributed by atoms with Crippen molar-refractivity contribution in [1.29, 1.82) is 5.26 Å². The van der Waals surface area contributed by atoms with Crippen LogP contribution in [-0.2, 0) is 27.2 Å². The highest BCUT2D eigenvalue weighted by atomic mass is 32.1. The number of quaternary nitrogens is 1. The van der Waals surface area contributed by atoms with E-state index in [1.165, 1.54) is 16.9 Å². The van der Waals surface area contributed by atoms with Gasteiger partial charge >= 0.3 is 5.97 Å². The third kappa shape index (κ3) is 4.08. The van der Waals surface area contributed by atoms with Crippen molar-refractivity contribution in [2.24, 2.45) is 11.8 Å². The molecular weight excluding hydrogens is 350 g/mol. The minimum atomic E-state index is -0.148. The molecule has 0 saturated carbocycles. The number of carbonyl (C=O) groups is 2. The van der Waals surface area contributed by atoms with Crippen molar-refractivity contribution in [1.82, 2.24) is 0 Å². The standard InChI is InChI=1S/C19H25N3O3S/c1-12-3-4-14-15(10-20)18(26-16(14)9-12)21-17(23)11-22-7-5-13(6-8-22)19(24)25-2/h12-13H,3-9,11H2,1-2H3,(H,21,23)/p+1/t12-/m0/s1. The van der Waals surface area contributed by atoms with Crippen molar-refractivity contribution >= 4 is 28.2 Å². The quantitative estimate of drug-likeness (QED) is 0.772. The molecule has 3 rings (SSSR count). The maximum absolute atomic E-state index is 12.5. The van der Waals surface area contributed by atoms with Gasteiger partial charge in [0, 0.05) is 17.7 Å². The van der Waals surface area contributed by atoms with Crippen LogP contribution >= 0.6 is 11.3 Å². The summed E-state index contributed by atoms with van der Waals surface area (Å²) in [6.07, 6.45) is 4.54. The Morgan fingerprint density at radius 2 is 2.08 bits per heavy atom. The second-order valence-corrected chi connectivity index (χ2v) is 8.55. The number of hydrogen-bond acceptors (Lipinski definition) is 5. The number of thiophene rings is 1. The number of esters is 1. The maximum atomic E-state index is 12.5. The van der Waals surface area contributed by atoms with E-state index in [0.29, 0.717) is 23.0 Å². The predicted octanol–water partition coefficient (Wildman–Crippen LogP) is 1.15. The highest BCUT2D eigenvalue weighted by Gasteiger charge is 2.30. The third-order valence-electron chi connectivity index (χ3n) is 5.51. The molecule has 2 N–H and O–H groups in total. The van der Waals surface area contributed by atoms with E-state index in [1.54, 1.807) is 11.3 Å². The van der Waals surface area contributed by atoms with E-state index in [0.717, 1.165) is 50.8 Å². The molecule has 0 bridgehead atoms. The molecule has 1 aromatic rings. The van der Waals surface area contributed by atoms with Crippen LogP contribution in [0.5, 0.6) is 0 Å². The lowest BCUT2D eigenvalue weighted by Gasteiger charge is -2.27. The van der Waals surface area contributed by atoms with Gasteiger partial charge < -0.3 is 15.0 Å². The fraction of sp³-hybridized carbons (Fsp3) is 0.632. The number of anilines is 1. The molecule has 1 amide bonds. The molecular formula is C19H26N3O3S+. The van der Waals surface area contributed by atoms with Crippen LogP contribution in [0.1, 0.15) is 42.2 Å². The number of piperidine rings is 1. The van der Waals surface area contributed by atoms with Crippen molar-refractivity contribution in [2.45, 2.75) is 39.0 Å². The molecule has 2 aliphatic rings. The van der Waals surface area contributed by atoms with E-state index in [-0.39, 0.29) is 17.8 Å². The van der Waals surface area contributed by atoms with E-state index < -0.39 is 0 Å². The lowest BCUT2D eigenvalue weighted by Crippen LogP contribution is -3.14. The van der Waals surface area contributed by atoms with E-state index in [2.05, 4.69) is 18.3 Å². The summed E-state index contributed by atoms with van der Waals surface area (Å²) < 4.78 is 4.80. The van der Waals surface area contributed by atoms with Gasteiger partial charge in [-0.25, -0.2) is 0 Å². The summed E-state index contributed by atoms with van der Waals surface area (Å²) in [6, 6.07) is 2.29. The zero-order valence-corrected chi connectivity index (χ0v) is 16.2. The van der Waals surface area contributed by atoms with Crippen LogP contribution in [0.2, 0.25) is 0 Å². The number of hydrogen-bond donors (Lipinski definition) is 2. The summed E-state index contributed by atoms with van der Waals surface area (Å²) in [5.41, 5.74) is 1.79. The number of ether oxygens (including phenoxy) is 1. The molecule has 1 atom stereocenters. The van der Waals surface area contributed by atoms with Gasteiger partial charge in [0.15, 0.2) is 6.54 Å². The molecule has 140 valence electrons. The van der Waals surface area contributed by atoms with Gasteiger partial charge in [-0.15, -0.1) is 11.3 Å². The topological polar surface area (TPSA) is 83.6 Å². The minimum Gasteiger partial charge on any atom is -0.469 e. The monoisotopic (exact) mass is 376 g/mol. The molecule has 26 heavy (non-hydrogen) atoms. The SMILES string of the molecule is COC(=O)C1CC[NH+](CC(=O)Nc2sc3c(c2C#N)CC[C@H](C)C3)CC1. The molecule has 6 nitrogen and oxygen atoms in total. The molecule has 0 aromatic carbocycles. The summed E-state index contributed by atoms with van der Waals surface area (Å²) >= 11 is 1.56. The highest BCUT2D eigenvalue weighted by Crippen LogP contribution is 2.39. The van der Waals surface area contributed by atoms with Crippen molar-refractivity contribution in [3.63, 3.8) is 0 Å². The molecule has 0 unspecified atom stereocenters. The number of amides is 1. The number of nitrogens with one attached hydrogen (secondary N) is 2. The van der Waals surface area contributed by atoms with Gasteiger partial charge in [-0.1, -0.05) is 6.92 Å². The summed E-state index contributed by atoms with van der Waals surface area (Å²) in [6.45, 7) is 4.18. The van der Waals surface area contributed by atoms with E-state index in [4.69, 9.17) is 4.74 Å². The summed E-state index contributed by atoms with van der Waals surface area (Å²) in [4.78, 5) is 26.5. The Bertz CT molecular complexity index is 729. The summed E-state index contributed by atoms with van der Waals surface area (Å²) in [5.74, 6) is 0.394. The van der Waals surface area contributed by atoms with Gasteiger partial charge in [-0.3, -0.25) is 9.59 Å². The molecule has 1 fully saturated rings. The maximum Gasteiger partial charge on any atom is 0.309 e. The predicted molar refractivity (Wildman–Crippen MR) is 99.2 cm³/mol. The number of nitrogens with zero attached hydrogens (tertiary/aromatic N) is 1. The fourth-order valence-electron chi connectivity index (χ4n) is 3.96. The Balaban J connectivity index is 1.58. The molecule has 2 heterocycles. The number of likely N-dealkylation sites (tertiary alicyclic amines) is 1. The summed E-state index contributed by atoms with van der Waals surface area (Å²) in [7, 11) is 1.42. The molecule has 0 radical (unpaired) electrons. The smallest absolute Gasteiger partial charge is 0.309 e. The number of nitriles is 1. The Morgan fingerprint density at radius 3 is 2.73 bits per heavy atom. The fourth-order valence-corrected chi connectivity index (χ4v) is 5.34. The first-order chi connectivity index (χ1) is 12.5. The van der Waals surface area contributed by atoms with Gasteiger partial charge in [0.1, 0.15) is 11.1 Å². The number of rotatable bonds is 4. The first kappa shape index (κ1) is 18.9. The second kappa shape index (κ2) is 8.19. The zero-order valence-electron chi connectivity index (χ0n) is 15.4. The van der Waals surface area contributed by atoms with Gasteiger partial charge in [0.25, 0.3) is 5.91 Å². The Hall–Kier alpha value is -1.91. The minimum absolute atomic E-state index is 0.0389. The first-order valence-corrected chi connectivity index (χ1v) is 10.1. The van der Waals surface area contributed by atoms with Crippen LogP contribution < -0.4 is 10.2 Å². The molecule has 1 aliphatic heterocycles. The molecule has 1 aliphatic carbocycles. The Kier molecular flexibility index (Phi) is 5.94. The molecule has 7 heteroatoms. The van der Waals surface area contributed by atoms with E-state index in [9.17, 15) is 14.9 Å². The van der Waals surface area contributed by atoms with E-state index in [1.807, 2.05) is 0 Å². The van der Waals surface area contributed by atoms with Crippen molar-refractivity contribution < 1.29 is 19.2 Å². The van der Waals surface area contributed by atoms with Crippen molar-refractivity contribution in [2.75, 3.05) is 32.1 Å². The molecule has 1 saturated heterocycles. The Labute approximate surface area is 158 Å². The average molecular weight is 377 g/mol. The van der Waals surface area contributed by atoms with Gasteiger partial charge in [0.05, 0.1) is 31.7 Å². The summed E-state index contributed by atoms with van der Waals surface area (Å²) in [5, 5.41) is 13.2. The largest absolute Gasteiger partial charge is 0.469 e. The van der Waals surface area contributed by atoms with Crippen LogP contribution in [0.15, 0.2) is 0 Å². The van der Waals surface area contributed by atoms with Crippen LogP contribution in [0.25, 0.3) is 0 Å². The van der Waals surface area contributed by atoms with Crippen LogP contribution in [-0.4, -0.2) is 38.6 Å². The third-order valence-corrected chi connectivity index (χ3v) is 6.68. The van der Waals surface area contributed by atoms with Gasteiger partial charge in [-0.2, -0.15) is 5.26 Å². The number of carbonyl (C=O) groups excluding carboxylic acids is 2.